The summed E-state index contributed by atoms with van der Waals surface area (Å²) in [5.41, 5.74) is 3.12. The first kappa shape index (κ1) is 16.2. The molecular weight excluding hydrogens is 394 g/mol. The first-order valence-corrected chi connectivity index (χ1v) is 8.78. The summed E-state index contributed by atoms with van der Waals surface area (Å²) in [6.07, 6.45) is 2.50. The predicted molar refractivity (Wildman–Crippen MR) is 95.0 cm³/mol. The first-order valence-electron chi connectivity index (χ1n) is 6.86. The summed E-state index contributed by atoms with van der Waals surface area (Å²) in [6.45, 7) is 0. The van der Waals surface area contributed by atoms with Gasteiger partial charge in [-0.1, -0.05) is 56.1 Å². The number of benzene rings is 2. The molecule has 0 saturated carbocycles. The van der Waals surface area contributed by atoms with Crippen LogP contribution in [0.15, 0.2) is 53.0 Å². The van der Waals surface area contributed by atoms with Gasteiger partial charge in [0, 0.05) is 15.5 Å². The molecular formula is C17H17Br2NO. The molecule has 0 aliphatic rings. The monoisotopic (exact) mass is 409 g/mol. The molecule has 2 rings (SSSR count). The van der Waals surface area contributed by atoms with Gasteiger partial charge in [0.15, 0.2) is 0 Å². The van der Waals surface area contributed by atoms with Gasteiger partial charge in [0.05, 0.1) is 6.42 Å². The Kier molecular flexibility index (Phi) is 6.46. The van der Waals surface area contributed by atoms with Gasteiger partial charge in [-0.15, -0.1) is 0 Å². The average Bonchev–Trinajstić information content (AvgIpc) is 2.48. The van der Waals surface area contributed by atoms with Crippen LogP contribution in [0.2, 0.25) is 0 Å². The van der Waals surface area contributed by atoms with Crippen molar-refractivity contribution in [1.82, 2.24) is 0 Å². The van der Waals surface area contributed by atoms with E-state index < -0.39 is 0 Å². The highest BCUT2D eigenvalue weighted by Crippen LogP contribution is 2.14. The zero-order valence-electron chi connectivity index (χ0n) is 11.6. The molecule has 4 heteroatoms. The minimum Gasteiger partial charge on any atom is -0.326 e. The Hall–Kier alpha value is -1.13. The van der Waals surface area contributed by atoms with Crippen molar-refractivity contribution in [2.24, 2.45) is 0 Å². The Morgan fingerprint density at radius 1 is 1.05 bits per heavy atom. The maximum Gasteiger partial charge on any atom is 0.228 e. The highest BCUT2D eigenvalue weighted by Gasteiger charge is 2.05. The molecule has 0 heterocycles. The molecule has 110 valence electrons. The molecule has 0 unspecified atom stereocenters. The first-order chi connectivity index (χ1) is 10.2. The maximum absolute atomic E-state index is 12.1. The predicted octanol–water partition coefficient (Wildman–Crippen LogP) is 4.96. The molecule has 0 radical (unpaired) electrons. The molecule has 0 bridgehead atoms. The molecule has 2 aromatic rings. The van der Waals surface area contributed by atoms with E-state index in [2.05, 4.69) is 43.2 Å². The number of halogens is 2. The van der Waals surface area contributed by atoms with Crippen LogP contribution in [0.3, 0.4) is 0 Å². The third-order valence-corrected chi connectivity index (χ3v) is 4.18. The third-order valence-electron chi connectivity index (χ3n) is 3.09. The van der Waals surface area contributed by atoms with Crippen LogP contribution >= 0.6 is 31.9 Å². The molecule has 0 aliphatic heterocycles. The van der Waals surface area contributed by atoms with Gasteiger partial charge >= 0.3 is 0 Å². The van der Waals surface area contributed by atoms with Gasteiger partial charge in [-0.05, 0) is 48.2 Å². The van der Waals surface area contributed by atoms with Crippen molar-refractivity contribution in [1.29, 1.82) is 0 Å². The second-order valence-electron chi connectivity index (χ2n) is 4.84. The number of hydrogen-bond donors (Lipinski definition) is 1. The largest absolute Gasteiger partial charge is 0.326 e. The van der Waals surface area contributed by atoms with Gasteiger partial charge < -0.3 is 5.32 Å². The quantitative estimate of drug-likeness (QED) is 0.670. The number of alkyl halides is 1. The Labute approximate surface area is 142 Å². The van der Waals surface area contributed by atoms with E-state index in [-0.39, 0.29) is 5.91 Å². The SMILES string of the molecule is O=C(Cc1ccc(Br)cc1)Nc1cccc(CCCBr)c1. The third kappa shape index (κ3) is 5.64. The highest BCUT2D eigenvalue weighted by atomic mass is 79.9. The molecule has 0 atom stereocenters. The number of carbonyl (C=O) groups excluding carboxylic acids is 1. The van der Waals surface area contributed by atoms with Crippen LogP contribution in [0, 0.1) is 0 Å². The number of rotatable bonds is 6. The topological polar surface area (TPSA) is 29.1 Å². The Bertz CT molecular complexity index is 596. The summed E-state index contributed by atoms with van der Waals surface area (Å²) in [5, 5.41) is 3.95. The number of aryl methyl sites for hydroxylation is 1. The van der Waals surface area contributed by atoms with Crippen LogP contribution in [0.1, 0.15) is 17.5 Å². The van der Waals surface area contributed by atoms with E-state index in [0.717, 1.165) is 33.9 Å². The molecule has 0 fully saturated rings. The number of carbonyl (C=O) groups is 1. The minimum absolute atomic E-state index is 0.00923. The zero-order chi connectivity index (χ0) is 15.1. The number of nitrogens with one attached hydrogen (secondary N) is 1. The van der Waals surface area contributed by atoms with Crippen LogP contribution in [0.25, 0.3) is 0 Å². The van der Waals surface area contributed by atoms with Gasteiger partial charge in [-0.3, -0.25) is 4.79 Å². The van der Waals surface area contributed by atoms with E-state index in [1.165, 1.54) is 5.56 Å². The van der Waals surface area contributed by atoms with Crippen LogP contribution in [0.4, 0.5) is 5.69 Å². The molecule has 1 amide bonds. The lowest BCUT2D eigenvalue weighted by atomic mass is 10.1. The fraction of sp³-hybridized carbons (Fsp3) is 0.235. The summed E-state index contributed by atoms with van der Waals surface area (Å²) in [5.74, 6) is 0.00923. The Balaban J connectivity index is 1.94. The Morgan fingerprint density at radius 2 is 1.81 bits per heavy atom. The summed E-state index contributed by atoms with van der Waals surface area (Å²) in [7, 11) is 0. The van der Waals surface area contributed by atoms with Crippen molar-refractivity contribution in [3.8, 4) is 0 Å². The number of amides is 1. The van der Waals surface area contributed by atoms with Crippen molar-refractivity contribution in [3.63, 3.8) is 0 Å². The Morgan fingerprint density at radius 3 is 2.52 bits per heavy atom. The summed E-state index contributed by atoms with van der Waals surface area (Å²) in [4.78, 5) is 12.1. The van der Waals surface area contributed by atoms with Crippen molar-refractivity contribution in [2.45, 2.75) is 19.3 Å². The summed E-state index contributed by atoms with van der Waals surface area (Å²) < 4.78 is 1.02. The average molecular weight is 411 g/mol. The van der Waals surface area contributed by atoms with Crippen LogP contribution in [-0.2, 0) is 17.6 Å². The maximum atomic E-state index is 12.1. The lowest BCUT2D eigenvalue weighted by Gasteiger charge is -2.07. The summed E-state index contributed by atoms with van der Waals surface area (Å²) >= 11 is 6.82. The second kappa shape index (κ2) is 8.35. The van der Waals surface area contributed by atoms with Crippen LogP contribution < -0.4 is 5.32 Å². The zero-order valence-corrected chi connectivity index (χ0v) is 14.8. The van der Waals surface area contributed by atoms with Crippen LogP contribution in [-0.4, -0.2) is 11.2 Å². The fourth-order valence-corrected chi connectivity index (χ4v) is 2.61. The van der Waals surface area contributed by atoms with Crippen molar-refractivity contribution >= 4 is 43.5 Å². The van der Waals surface area contributed by atoms with E-state index in [1.54, 1.807) is 0 Å². The van der Waals surface area contributed by atoms with Gasteiger partial charge in [-0.25, -0.2) is 0 Å². The van der Waals surface area contributed by atoms with Gasteiger partial charge in [0.1, 0.15) is 0 Å². The molecule has 2 nitrogen and oxygen atoms in total. The lowest BCUT2D eigenvalue weighted by molar-refractivity contribution is -0.115. The number of hydrogen-bond acceptors (Lipinski definition) is 1. The van der Waals surface area contributed by atoms with Crippen molar-refractivity contribution < 1.29 is 4.79 Å². The molecule has 2 aromatic carbocycles. The van der Waals surface area contributed by atoms with Gasteiger partial charge in [0.25, 0.3) is 0 Å². The molecule has 21 heavy (non-hydrogen) atoms. The van der Waals surface area contributed by atoms with E-state index in [0.29, 0.717) is 6.42 Å². The lowest BCUT2D eigenvalue weighted by Crippen LogP contribution is -2.14. The molecule has 0 saturated heterocycles. The van der Waals surface area contributed by atoms with Crippen molar-refractivity contribution in [2.75, 3.05) is 10.6 Å². The van der Waals surface area contributed by atoms with E-state index in [4.69, 9.17) is 0 Å². The van der Waals surface area contributed by atoms with Crippen molar-refractivity contribution in [3.05, 3.63) is 64.1 Å². The minimum atomic E-state index is 0.00923. The number of anilines is 1. The van der Waals surface area contributed by atoms with E-state index in [1.807, 2.05) is 42.5 Å². The molecule has 1 N–H and O–H groups in total. The van der Waals surface area contributed by atoms with E-state index in [9.17, 15) is 4.79 Å². The summed E-state index contributed by atoms with van der Waals surface area (Å²) in [6, 6.07) is 15.9. The van der Waals surface area contributed by atoms with Crippen LogP contribution in [0.5, 0.6) is 0 Å². The normalized spacial score (nSPS) is 10.4. The molecule has 0 aliphatic carbocycles. The molecule has 0 aromatic heterocycles. The second-order valence-corrected chi connectivity index (χ2v) is 6.55. The fourth-order valence-electron chi connectivity index (χ4n) is 2.07. The standard InChI is InChI=1S/C17H17Br2NO/c18-10-2-4-13-3-1-5-16(11-13)20-17(21)12-14-6-8-15(19)9-7-14/h1,3,5-9,11H,2,4,10,12H2,(H,20,21). The van der Waals surface area contributed by atoms with Gasteiger partial charge in [0.2, 0.25) is 5.91 Å². The van der Waals surface area contributed by atoms with E-state index >= 15 is 0 Å². The van der Waals surface area contributed by atoms with Gasteiger partial charge in [-0.2, -0.15) is 0 Å². The molecule has 0 spiro atoms. The highest BCUT2D eigenvalue weighted by molar-refractivity contribution is 9.10. The smallest absolute Gasteiger partial charge is 0.228 e.